The van der Waals surface area contributed by atoms with Gasteiger partial charge in [-0.05, 0) is 36.1 Å². The summed E-state index contributed by atoms with van der Waals surface area (Å²) in [6.45, 7) is -0.560. The van der Waals surface area contributed by atoms with Crippen molar-refractivity contribution >= 4 is 39.8 Å². The van der Waals surface area contributed by atoms with Crippen LogP contribution < -0.4 is 15.9 Å². The molecular weight excluding hydrogens is 460 g/mol. The van der Waals surface area contributed by atoms with Crippen molar-refractivity contribution in [1.82, 2.24) is 0 Å². The molecule has 0 heterocycles. The fraction of sp³-hybridized carbons (Fsp3) is 0.222. The summed E-state index contributed by atoms with van der Waals surface area (Å²) in [5, 5.41) is 1.35. The van der Waals surface area contributed by atoms with Gasteiger partial charge in [0, 0.05) is 0 Å². The lowest BCUT2D eigenvalue weighted by Crippen LogP contribution is -2.44. The zero-order valence-corrected chi connectivity index (χ0v) is 19.9. The van der Waals surface area contributed by atoms with Gasteiger partial charge in [-0.3, -0.25) is 4.79 Å². The molecule has 3 aromatic rings. The molecule has 0 bridgehead atoms. The molecule has 3 aromatic carbocycles. The molecule has 3 rings (SSSR count). The quantitative estimate of drug-likeness (QED) is 0.259. The van der Waals surface area contributed by atoms with Crippen molar-refractivity contribution in [2.75, 3.05) is 6.61 Å². The van der Waals surface area contributed by atoms with Gasteiger partial charge in [-0.25, -0.2) is 4.79 Å². The predicted molar refractivity (Wildman–Crippen MR) is 132 cm³/mol. The second-order valence-corrected chi connectivity index (χ2v) is 11.0. The van der Waals surface area contributed by atoms with Crippen molar-refractivity contribution in [2.45, 2.75) is 26.4 Å². The summed E-state index contributed by atoms with van der Waals surface area (Å²) in [7, 11) is 0. The Morgan fingerprint density at radius 1 is 0.765 bits per heavy atom. The number of benzene rings is 3. The SMILES string of the molecule is CCOC(=O)C(C(=O)C(CC)C(F)(F)F)=P(c1ccccc1)(c1ccccc1)c1ccccc1. The van der Waals surface area contributed by atoms with Crippen LogP contribution in [0.3, 0.4) is 0 Å². The molecule has 0 saturated carbocycles. The Balaban J connectivity index is 2.64. The number of carbonyl (C=O) groups is 2. The molecule has 178 valence electrons. The van der Waals surface area contributed by atoms with Gasteiger partial charge in [0.1, 0.15) is 11.2 Å². The fourth-order valence-corrected chi connectivity index (χ4v) is 8.47. The molecule has 0 amide bonds. The zero-order chi connectivity index (χ0) is 24.8. The monoisotopic (exact) mass is 486 g/mol. The number of rotatable bonds is 8. The van der Waals surface area contributed by atoms with Crippen LogP contribution in [-0.4, -0.2) is 29.8 Å². The van der Waals surface area contributed by atoms with E-state index in [1.807, 2.05) is 0 Å². The molecule has 34 heavy (non-hydrogen) atoms. The maximum Gasteiger partial charge on any atom is 0.398 e. The van der Waals surface area contributed by atoms with E-state index in [1.165, 1.54) is 6.92 Å². The van der Waals surface area contributed by atoms with Gasteiger partial charge in [0.25, 0.3) is 0 Å². The number of hydrogen-bond acceptors (Lipinski definition) is 3. The number of carbonyl (C=O) groups excluding carboxylic acids is 2. The third-order valence-corrected chi connectivity index (χ3v) is 9.88. The molecule has 1 unspecified atom stereocenters. The predicted octanol–water partition coefficient (Wildman–Crippen LogP) is 4.87. The van der Waals surface area contributed by atoms with Crippen LogP contribution >= 0.6 is 6.89 Å². The van der Waals surface area contributed by atoms with Crippen LogP contribution in [-0.2, 0) is 14.3 Å². The van der Waals surface area contributed by atoms with Crippen molar-refractivity contribution in [3.05, 3.63) is 91.0 Å². The first kappa shape index (κ1) is 25.5. The van der Waals surface area contributed by atoms with Gasteiger partial charge in [0.15, 0.2) is 5.78 Å². The van der Waals surface area contributed by atoms with Gasteiger partial charge < -0.3 is 4.74 Å². The summed E-state index contributed by atoms with van der Waals surface area (Å²) in [5.41, 5.74) is 0. The largest absolute Gasteiger partial charge is 0.462 e. The Bertz CT molecular complexity index is 1070. The molecule has 1 atom stereocenters. The minimum absolute atomic E-state index is 0.0726. The normalized spacial score (nSPS) is 12.6. The van der Waals surface area contributed by atoms with Gasteiger partial charge in [-0.1, -0.05) is 97.9 Å². The standard InChI is InChI=1S/C27H26F3O3P/c1-3-23(27(28,29)30)24(31)25(26(32)33-4-2)34(20-14-8-5-9-15-20,21-16-10-6-11-17-21)22-18-12-7-13-19-22/h5-19,23H,3-4H2,1-2H3. The molecule has 0 N–H and O–H groups in total. The molecule has 0 radical (unpaired) electrons. The Morgan fingerprint density at radius 3 is 1.44 bits per heavy atom. The van der Waals surface area contributed by atoms with Crippen LogP contribution in [0.5, 0.6) is 0 Å². The van der Waals surface area contributed by atoms with Crippen LogP contribution in [0.4, 0.5) is 13.2 Å². The van der Waals surface area contributed by atoms with E-state index in [4.69, 9.17) is 4.74 Å². The molecule has 0 saturated heterocycles. The van der Waals surface area contributed by atoms with Gasteiger partial charge in [-0.2, -0.15) is 13.2 Å². The van der Waals surface area contributed by atoms with E-state index in [0.29, 0.717) is 15.9 Å². The summed E-state index contributed by atoms with van der Waals surface area (Å²) in [4.78, 5) is 27.3. The van der Waals surface area contributed by atoms with E-state index in [9.17, 15) is 22.8 Å². The first-order valence-electron chi connectivity index (χ1n) is 11.0. The van der Waals surface area contributed by atoms with E-state index in [1.54, 1.807) is 97.9 Å². The summed E-state index contributed by atoms with van der Waals surface area (Å²) in [5.74, 6) is -4.57. The molecular formula is C27H26F3O3P. The van der Waals surface area contributed by atoms with Crippen LogP contribution in [0.25, 0.3) is 0 Å². The van der Waals surface area contributed by atoms with Gasteiger partial charge in [0.05, 0.1) is 6.61 Å². The van der Waals surface area contributed by atoms with Crippen LogP contribution in [0.2, 0.25) is 0 Å². The zero-order valence-electron chi connectivity index (χ0n) is 19.0. The Morgan fingerprint density at radius 2 is 1.15 bits per heavy atom. The van der Waals surface area contributed by atoms with Crippen LogP contribution in [0.1, 0.15) is 20.3 Å². The number of ketones is 1. The summed E-state index contributed by atoms with van der Waals surface area (Å²) in [6, 6.07) is 26.4. The third kappa shape index (κ3) is 4.88. The molecule has 0 aliphatic heterocycles. The van der Waals surface area contributed by atoms with Gasteiger partial charge >= 0.3 is 12.1 Å². The number of ether oxygens (including phenoxy) is 1. The Labute approximate surface area is 197 Å². The Kier molecular flexibility index (Phi) is 8.16. The summed E-state index contributed by atoms with van der Waals surface area (Å²) >= 11 is 0. The van der Waals surface area contributed by atoms with Crippen molar-refractivity contribution in [3.8, 4) is 0 Å². The van der Waals surface area contributed by atoms with Crippen molar-refractivity contribution < 1.29 is 27.5 Å². The molecule has 7 heteroatoms. The lowest BCUT2D eigenvalue weighted by molar-refractivity contribution is -0.178. The molecule has 0 fully saturated rings. The molecule has 0 aliphatic rings. The van der Waals surface area contributed by atoms with Crippen molar-refractivity contribution in [3.63, 3.8) is 0 Å². The van der Waals surface area contributed by atoms with Gasteiger partial charge in [0.2, 0.25) is 0 Å². The van der Waals surface area contributed by atoms with Gasteiger partial charge in [-0.15, -0.1) is 0 Å². The highest BCUT2D eigenvalue weighted by atomic mass is 31.2. The van der Waals surface area contributed by atoms with E-state index >= 15 is 0 Å². The summed E-state index contributed by atoms with van der Waals surface area (Å²) < 4.78 is 47.3. The first-order valence-corrected chi connectivity index (χ1v) is 12.8. The first-order chi connectivity index (χ1) is 16.3. The van der Waals surface area contributed by atoms with Crippen LogP contribution in [0, 0.1) is 5.92 Å². The molecule has 0 spiro atoms. The van der Waals surface area contributed by atoms with E-state index in [0.717, 1.165) is 0 Å². The lowest BCUT2D eigenvalue weighted by atomic mass is 9.98. The van der Waals surface area contributed by atoms with E-state index in [2.05, 4.69) is 0 Å². The number of esters is 1. The van der Waals surface area contributed by atoms with Crippen molar-refractivity contribution in [2.24, 2.45) is 5.92 Å². The summed E-state index contributed by atoms with van der Waals surface area (Å²) in [6.07, 6.45) is -5.28. The number of alkyl halides is 3. The molecule has 0 aliphatic carbocycles. The minimum atomic E-state index is -4.80. The highest BCUT2D eigenvalue weighted by Crippen LogP contribution is 2.48. The highest BCUT2D eigenvalue weighted by molar-refractivity contribution is 7.97. The van der Waals surface area contributed by atoms with E-state index in [-0.39, 0.29) is 6.61 Å². The smallest absolute Gasteiger partial charge is 0.398 e. The maximum absolute atomic E-state index is 14.0. The Hall–Kier alpha value is -3.11. The second-order valence-electron chi connectivity index (χ2n) is 7.61. The maximum atomic E-state index is 14.0. The molecule has 0 aromatic heterocycles. The number of halogens is 3. The highest BCUT2D eigenvalue weighted by Gasteiger charge is 2.48. The fourth-order valence-electron chi connectivity index (χ4n) is 4.12. The minimum Gasteiger partial charge on any atom is -0.462 e. The number of hydrogen-bond donors (Lipinski definition) is 0. The topological polar surface area (TPSA) is 43.4 Å². The third-order valence-electron chi connectivity index (χ3n) is 5.59. The number of Topliss-reactive ketones (excluding diaryl/α,β-unsaturated/α-hetero) is 1. The molecule has 3 nitrogen and oxygen atoms in total. The van der Waals surface area contributed by atoms with Crippen molar-refractivity contribution in [1.29, 1.82) is 0 Å². The van der Waals surface area contributed by atoms with E-state index < -0.39 is 42.4 Å². The average molecular weight is 486 g/mol. The van der Waals surface area contributed by atoms with Crippen LogP contribution in [0.15, 0.2) is 91.0 Å². The lowest BCUT2D eigenvalue weighted by Gasteiger charge is -2.32. The average Bonchev–Trinajstić information content (AvgIpc) is 2.83. The second kappa shape index (κ2) is 10.9.